The lowest BCUT2D eigenvalue weighted by Crippen LogP contribution is -2.12. The molecule has 0 unspecified atom stereocenters. The third-order valence-electron chi connectivity index (χ3n) is 28.0. The summed E-state index contributed by atoms with van der Waals surface area (Å²) in [5, 5.41) is 16.4. The number of ether oxygens (including phenoxy) is 3. The molecule has 25 aromatic carbocycles. The van der Waals surface area contributed by atoms with Crippen molar-refractivity contribution in [2.24, 2.45) is 0 Å². The van der Waals surface area contributed by atoms with Gasteiger partial charge in [-0.25, -0.2) is 0 Å². The van der Waals surface area contributed by atoms with Crippen LogP contribution in [-0.4, -0.2) is 0 Å². The minimum Gasteiger partial charge on any atom is -0.456 e. The van der Waals surface area contributed by atoms with Gasteiger partial charge in [0.25, 0.3) is 0 Å². The van der Waals surface area contributed by atoms with Gasteiger partial charge in [-0.1, -0.05) is 334 Å². The molecule has 0 aliphatic carbocycles. The van der Waals surface area contributed by atoms with E-state index in [0.29, 0.717) is 0 Å². The van der Waals surface area contributed by atoms with Crippen LogP contribution in [0.5, 0.6) is 34.5 Å². The summed E-state index contributed by atoms with van der Waals surface area (Å²) in [4.78, 5) is 13.9. The Hall–Kier alpha value is -19.5. The molecule has 0 radical (unpaired) electrons. The summed E-state index contributed by atoms with van der Waals surface area (Å²) in [6.45, 7) is 0. The smallest absolute Gasteiger partial charge is 0.137 e. The average Bonchev–Trinajstić information content (AvgIpc) is 0.735. The molecule has 0 bridgehead atoms. The van der Waals surface area contributed by atoms with Crippen molar-refractivity contribution in [3.63, 3.8) is 0 Å². The Bertz CT molecular complexity index is 9110. The highest BCUT2D eigenvalue weighted by atomic mass is 16.5. The average molecular weight is 1860 g/mol. The van der Waals surface area contributed by atoms with E-state index in [9.17, 15) is 0 Å². The Balaban J connectivity index is 0.000000111. The molecule has 0 fully saturated rings. The molecule has 0 amide bonds. The van der Waals surface area contributed by atoms with Crippen LogP contribution in [-0.2, 0) is 0 Å². The standard InChI is InChI=1S/2C48H32N2O.C40H28N2O/c1-3-18-35(19-4-1)49(43-25-11-16-33-14-7-9-22-38(33)43)37-28-29-40-41-30-31-45(42-24-13-27-46(48(41)42)51-47(40)32-37)50(36-20-5-2-6-21-36)44-26-12-17-34-15-8-10-23-39(34)44;1-3-16-37(17-4-1)49(39-24-22-33-12-7-9-14-35(33)30-39)41-26-27-42-43-28-29-45(44-20-11-21-46(48(43)44)51-47(42)32-41)50(38-18-5-2-6-19-38)40-25-23-34-13-8-10-15-36(34)31-40;1-5-14-29(15-6-1)41(30-16-7-2-8-17-30)33-24-25-34-35-26-27-37(36-22-13-23-38(40(35)36)43-39(34)28-33)42(31-18-9-3-10-19-31)32-20-11-4-12-21-32/h2*1-32H;1-28H. The lowest BCUT2D eigenvalue weighted by Gasteiger charge is -2.31. The lowest BCUT2D eigenvalue weighted by molar-refractivity contribution is 0.487. The van der Waals surface area contributed by atoms with Crippen LogP contribution in [0.15, 0.2) is 558 Å². The van der Waals surface area contributed by atoms with E-state index in [1.165, 1.54) is 59.8 Å². The molecule has 0 N–H and O–H groups in total. The predicted octanol–water partition coefficient (Wildman–Crippen LogP) is 39.3. The highest BCUT2D eigenvalue weighted by Gasteiger charge is 2.32. The van der Waals surface area contributed by atoms with Crippen LogP contribution >= 0.6 is 0 Å². The molecule has 3 aliphatic rings. The van der Waals surface area contributed by atoms with E-state index in [0.717, 1.165) is 186 Å². The van der Waals surface area contributed by atoms with Crippen LogP contribution in [0, 0.1) is 0 Å². The van der Waals surface area contributed by atoms with Gasteiger partial charge in [-0.3, -0.25) is 0 Å². The quantitative estimate of drug-likeness (QED) is 0.0836. The second kappa shape index (κ2) is 37.4. The maximum Gasteiger partial charge on any atom is 0.137 e. The zero-order chi connectivity index (χ0) is 96.0. The van der Waals surface area contributed by atoms with Crippen molar-refractivity contribution in [3.05, 3.63) is 558 Å². The Morgan fingerprint density at radius 2 is 0.324 bits per heavy atom. The molecule has 0 spiro atoms. The van der Waals surface area contributed by atoms with Gasteiger partial charge in [0.2, 0.25) is 0 Å². The number of fused-ring (bicyclic) bond motifs is 10. The van der Waals surface area contributed by atoms with E-state index in [1.54, 1.807) is 0 Å². The molecule has 0 saturated carbocycles. The first-order chi connectivity index (χ1) is 71.9. The van der Waals surface area contributed by atoms with Gasteiger partial charge in [-0.05, 0) is 255 Å². The van der Waals surface area contributed by atoms with E-state index >= 15 is 0 Å². The van der Waals surface area contributed by atoms with E-state index in [-0.39, 0.29) is 0 Å². The van der Waals surface area contributed by atoms with Gasteiger partial charge < -0.3 is 43.6 Å². The van der Waals surface area contributed by atoms with Gasteiger partial charge in [0.15, 0.2) is 0 Å². The number of nitrogens with zero attached hydrogens (tertiary/aromatic N) is 6. The van der Waals surface area contributed by atoms with Crippen molar-refractivity contribution in [2.75, 3.05) is 29.4 Å². The summed E-state index contributed by atoms with van der Waals surface area (Å²) >= 11 is 0. The number of rotatable bonds is 18. The second-order valence-electron chi connectivity index (χ2n) is 36.5. The third-order valence-corrected chi connectivity index (χ3v) is 28.0. The van der Waals surface area contributed by atoms with Gasteiger partial charge in [0, 0.05) is 152 Å². The summed E-state index contributed by atoms with van der Waals surface area (Å²) < 4.78 is 20.4. The Morgan fingerprint density at radius 3 is 0.669 bits per heavy atom. The fourth-order valence-electron chi connectivity index (χ4n) is 21.5. The molecule has 0 saturated heterocycles. The number of anilines is 18. The fourth-order valence-corrected chi connectivity index (χ4v) is 21.5. The first-order valence-electron chi connectivity index (χ1n) is 49.2. The highest BCUT2D eigenvalue weighted by molar-refractivity contribution is 6.16. The normalized spacial score (nSPS) is 11.6. The molecule has 0 aromatic heterocycles. The third kappa shape index (κ3) is 15.9. The molecule has 0 atom stereocenters. The van der Waals surface area contributed by atoms with Crippen molar-refractivity contribution in [1.82, 2.24) is 0 Å². The molecule has 9 nitrogen and oxygen atoms in total. The van der Waals surface area contributed by atoms with E-state index in [1.807, 2.05) is 12.1 Å². The molecule has 3 heterocycles. The van der Waals surface area contributed by atoms with E-state index < -0.39 is 0 Å². The van der Waals surface area contributed by atoms with Gasteiger partial charge in [-0.2, -0.15) is 0 Å². The fraction of sp³-hybridized carbons (Fsp3) is 0. The Kier molecular flexibility index (Phi) is 22.1. The summed E-state index contributed by atoms with van der Waals surface area (Å²) in [5.41, 5.74) is 26.4. The molecular weight excluding hydrogens is 1770 g/mol. The van der Waals surface area contributed by atoms with Crippen LogP contribution < -0.4 is 43.6 Å². The van der Waals surface area contributed by atoms with Crippen molar-refractivity contribution >= 4 is 178 Å². The highest BCUT2D eigenvalue weighted by Crippen LogP contribution is 2.58. The lowest BCUT2D eigenvalue weighted by atomic mass is 9.92. The minimum atomic E-state index is 0.843. The summed E-state index contributed by atoms with van der Waals surface area (Å²) in [6, 6.07) is 197. The number of benzene rings is 25. The zero-order valence-corrected chi connectivity index (χ0v) is 79.0. The monoisotopic (exact) mass is 1860 g/mol. The Labute approximate surface area is 841 Å². The van der Waals surface area contributed by atoms with E-state index in [4.69, 9.17) is 14.2 Å². The molecule has 684 valence electrons. The van der Waals surface area contributed by atoms with Crippen molar-refractivity contribution in [3.8, 4) is 67.9 Å². The zero-order valence-electron chi connectivity index (χ0n) is 79.0. The van der Waals surface area contributed by atoms with Crippen molar-refractivity contribution in [2.45, 2.75) is 0 Å². The largest absolute Gasteiger partial charge is 0.456 e. The van der Waals surface area contributed by atoms with Gasteiger partial charge in [0.1, 0.15) is 34.5 Å². The number of hydrogen-bond donors (Lipinski definition) is 0. The summed E-state index contributed by atoms with van der Waals surface area (Å²) in [7, 11) is 0. The van der Waals surface area contributed by atoms with Crippen LogP contribution in [0.2, 0.25) is 0 Å². The topological polar surface area (TPSA) is 47.1 Å². The summed E-state index contributed by atoms with van der Waals surface area (Å²) in [5.74, 6) is 5.12. The van der Waals surface area contributed by atoms with Gasteiger partial charge in [0.05, 0.1) is 28.4 Å². The molecule has 28 rings (SSSR count). The van der Waals surface area contributed by atoms with Crippen LogP contribution in [0.25, 0.3) is 109 Å². The van der Waals surface area contributed by atoms with Crippen molar-refractivity contribution < 1.29 is 14.2 Å². The first kappa shape index (κ1) is 85.9. The first-order valence-corrected chi connectivity index (χ1v) is 49.2. The van der Waals surface area contributed by atoms with Crippen LogP contribution in [0.4, 0.5) is 102 Å². The Morgan fingerprint density at radius 1 is 0.110 bits per heavy atom. The number of para-hydroxylation sites is 8. The maximum atomic E-state index is 6.87. The second-order valence-corrected chi connectivity index (χ2v) is 36.5. The molecule has 145 heavy (non-hydrogen) atoms. The van der Waals surface area contributed by atoms with Crippen LogP contribution in [0.1, 0.15) is 0 Å². The maximum absolute atomic E-state index is 6.87. The molecule has 25 aromatic rings. The molecule has 3 aliphatic heterocycles. The predicted molar refractivity (Wildman–Crippen MR) is 606 cm³/mol. The van der Waals surface area contributed by atoms with E-state index in [2.05, 4.69) is 575 Å². The van der Waals surface area contributed by atoms with Gasteiger partial charge >= 0.3 is 0 Å². The number of hydrogen-bond acceptors (Lipinski definition) is 9. The molecular formula is C136H92N6O3. The van der Waals surface area contributed by atoms with Crippen molar-refractivity contribution in [1.29, 1.82) is 0 Å². The SMILES string of the molecule is c1ccc(N(c2ccc3c(c2)Oc2cccc4c(N(c5ccccc5)c5ccc6ccccc6c5)ccc-3c24)c2ccc3ccccc3c2)cc1.c1ccc(N(c2ccc3c(c2)Oc2cccc4c(N(c5ccccc5)c5cccc6ccccc56)ccc-3c24)c2cccc3ccccc23)cc1.c1ccc(N(c2ccccc2)c2ccc3c(c2)Oc2cccc4c(N(c5ccccc5)c5ccccc5)ccc-3c24)cc1. The minimum absolute atomic E-state index is 0.843. The summed E-state index contributed by atoms with van der Waals surface area (Å²) in [6.07, 6.45) is 0. The molecule has 9 heteroatoms. The van der Waals surface area contributed by atoms with Gasteiger partial charge in [-0.15, -0.1) is 0 Å². The van der Waals surface area contributed by atoms with Crippen LogP contribution in [0.3, 0.4) is 0 Å².